The highest BCUT2D eigenvalue weighted by molar-refractivity contribution is 6.32. The van der Waals surface area contributed by atoms with E-state index in [4.69, 9.17) is 17.3 Å². The zero-order valence-corrected chi connectivity index (χ0v) is 12.8. The Morgan fingerprint density at radius 1 is 1.36 bits per heavy atom. The third-order valence-corrected chi connectivity index (χ3v) is 3.32. The van der Waals surface area contributed by atoms with Gasteiger partial charge in [0.1, 0.15) is 17.4 Å². The fourth-order valence-electron chi connectivity index (χ4n) is 2.23. The van der Waals surface area contributed by atoms with Crippen LogP contribution in [0.3, 0.4) is 0 Å². The van der Waals surface area contributed by atoms with Crippen molar-refractivity contribution >= 4 is 23.0 Å². The number of alkyl halides is 3. The summed E-state index contributed by atoms with van der Waals surface area (Å²) in [5, 5.41) is 5.85. The second-order valence-electron chi connectivity index (χ2n) is 4.51. The van der Waals surface area contributed by atoms with Crippen molar-refractivity contribution in [3.63, 3.8) is 0 Å². The van der Waals surface area contributed by atoms with E-state index >= 15 is 0 Å². The lowest BCUT2D eigenvalue weighted by Crippen LogP contribution is -2.39. The number of nitrogens with one attached hydrogen (secondary N) is 2. The van der Waals surface area contributed by atoms with E-state index in [9.17, 15) is 13.2 Å². The van der Waals surface area contributed by atoms with Gasteiger partial charge in [0.05, 0.1) is 16.4 Å². The van der Waals surface area contributed by atoms with Gasteiger partial charge in [0.2, 0.25) is 0 Å². The normalized spacial score (nSPS) is 14.5. The zero-order chi connectivity index (χ0) is 16.5. The van der Waals surface area contributed by atoms with Crippen LogP contribution >= 0.6 is 11.6 Å². The van der Waals surface area contributed by atoms with E-state index in [0.717, 1.165) is 0 Å². The average Bonchev–Trinajstić information content (AvgIpc) is 2.40. The molecule has 0 radical (unpaired) electrons. The van der Waals surface area contributed by atoms with E-state index in [-0.39, 0.29) is 5.02 Å². The van der Waals surface area contributed by atoms with Crippen molar-refractivity contribution in [2.45, 2.75) is 20.2 Å². The Bertz CT molecular complexity index is 604. The Morgan fingerprint density at radius 2 is 2.05 bits per heavy atom. The number of nitrogens with two attached hydrogens (primary N) is 1. The fourth-order valence-corrected chi connectivity index (χ4v) is 2.43. The highest BCUT2D eigenvalue weighted by atomic mass is 35.5. The predicted octanol–water partition coefficient (Wildman–Crippen LogP) is 3.19. The van der Waals surface area contributed by atoms with Crippen LogP contribution in [0.4, 0.5) is 24.5 Å². The Hall–Kier alpha value is -1.96. The molecule has 0 aliphatic carbocycles. The van der Waals surface area contributed by atoms with E-state index in [0.29, 0.717) is 36.1 Å². The van der Waals surface area contributed by atoms with Crippen LogP contribution in [0.25, 0.3) is 0 Å². The molecule has 0 atom stereocenters. The molecule has 0 unspecified atom stereocenters. The molecule has 5 nitrogen and oxygen atoms in total. The lowest BCUT2D eigenvalue weighted by Gasteiger charge is -2.34. The van der Waals surface area contributed by atoms with Crippen LogP contribution in [0.5, 0.6) is 5.75 Å². The Morgan fingerprint density at radius 3 is 2.59 bits per heavy atom. The summed E-state index contributed by atoms with van der Waals surface area (Å²) in [6, 6.07) is 2.60. The third kappa shape index (κ3) is 3.27. The number of halogens is 4. The minimum absolute atomic E-state index is 0.153. The Balaban J connectivity index is 2.47. The van der Waals surface area contributed by atoms with Crippen LogP contribution in [0.2, 0.25) is 5.02 Å². The maximum Gasteiger partial charge on any atom is 0.573 e. The second-order valence-corrected chi connectivity index (χ2v) is 4.92. The molecule has 1 aromatic rings. The minimum atomic E-state index is -4.81. The number of benzene rings is 1. The van der Waals surface area contributed by atoms with Gasteiger partial charge in [-0.25, -0.2) is 0 Å². The summed E-state index contributed by atoms with van der Waals surface area (Å²) in [4.78, 5) is 1.75. The molecule has 0 spiro atoms. The molecule has 1 aromatic carbocycles. The highest BCUT2D eigenvalue weighted by Gasteiger charge is 2.33. The summed E-state index contributed by atoms with van der Waals surface area (Å²) >= 11 is 5.85. The van der Waals surface area contributed by atoms with Gasteiger partial charge in [-0.15, -0.1) is 13.2 Å². The molecule has 2 rings (SSSR count). The summed E-state index contributed by atoms with van der Waals surface area (Å²) in [7, 11) is 0. The van der Waals surface area contributed by atoms with Gasteiger partial charge in [0, 0.05) is 19.2 Å². The standard InChI is InChI=1S/C13H16ClF3N4O/c1-3-19-12-11(18)20-8-5-7(14)10(22-13(15,16)17)6-9(8)21(12)4-2/h5-6,19-20H,3-4,18H2,1-2H3. The maximum atomic E-state index is 12.4. The van der Waals surface area contributed by atoms with E-state index in [1.54, 1.807) is 4.90 Å². The molecule has 0 bridgehead atoms. The van der Waals surface area contributed by atoms with Crippen molar-refractivity contribution in [2.24, 2.45) is 5.73 Å². The first-order valence-corrected chi connectivity index (χ1v) is 7.02. The van der Waals surface area contributed by atoms with Gasteiger partial charge < -0.3 is 26.0 Å². The first kappa shape index (κ1) is 16.4. The molecule has 4 N–H and O–H groups in total. The van der Waals surface area contributed by atoms with Crippen LogP contribution in [-0.4, -0.2) is 19.5 Å². The number of hydrogen-bond donors (Lipinski definition) is 3. The van der Waals surface area contributed by atoms with Crippen molar-refractivity contribution in [1.82, 2.24) is 5.32 Å². The molecule has 9 heteroatoms. The van der Waals surface area contributed by atoms with Gasteiger partial charge in [0.15, 0.2) is 0 Å². The van der Waals surface area contributed by atoms with Crippen molar-refractivity contribution in [3.8, 4) is 5.75 Å². The largest absolute Gasteiger partial charge is 0.573 e. The highest BCUT2D eigenvalue weighted by Crippen LogP contribution is 2.41. The molecule has 1 aliphatic heterocycles. The first-order valence-electron chi connectivity index (χ1n) is 6.64. The van der Waals surface area contributed by atoms with E-state index in [2.05, 4.69) is 15.4 Å². The van der Waals surface area contributed by atoms with Gasteiger partial charge in [0.25, 0.3) is 0 Å². The Kier molecular flexibility index (Phi) is 4.50. The molecule has 0 saturated heterocycles. The van der Waals surface area contributed by atoms with Crippen LogP contribution in [0.15, 0.2) is 23.8 Å². The predicted molar refractivity (Wildman–Crippen MR) is 79.7 cm³/mol. The number of rotatable bonds is 4. The lowest BCUT2D eigenvalue weighted by molar-refractivity contribution is -0.274. The lowest BCUT2D eigenvalue weighted by atomic mass is 10.2. The molecular formula is C13H16ClF3N4O. The maximum absolute atomic E-state index is 12.4. The quantitative estimate of drug-likeness (QED) is 0.788. The van der Waals surface area contributed by atoms with Crippen LogP contribution < -0.4 is 26.0 Å². The number of hydrogen-bond acceptors (Lipinski definition) is 5. The molecule has 1 heterocycles. The smallest absolute Gasteiger partial charge is 0.404 e. The summed E-state index contributed by atoms with van der Waals surface area (Å²) in [6.45, 7) is 4.87. The number of fused-ring (bicyclic) bond motifs is 1. The van der Waals surface area contributed by atoms with Crippen molar-refractivity contribution in [2.75, 3.05) is 23.3 Å². The molecule has 1 aliphatic rings. The molecule has 0 amide bonds. The minimum Gasteiger partial charge on any atom is -0.404 e. The summed E-state index contributed by atoms with van der Waals surface area (Å²) in [5.74, 6) is 0.513. The van der Waals surface area contributed by atoms with Gasteiger partial charge in [-0.3, -0.25) is 0 Å². The number of nitrogens with zero attached hydrogens (tertiary/aromatic N) is 1. The molecule has 22 heavy (non-hydrogen) atoms. The zero-order valence-electron chi connectivity index (χ0n) is 12.0. The van der Waals surface area contributed by atoms with Crippen molar-refractivity contribution in [3.05, 3.63) is 28.8 Å². The first-order chi connectivity index (χ1) is 10.3. The monoisotopic (exact) mass is 336 g/mol. The Labute approximate surface area is 130 Å². The molecule has 0 aromatic heterocycles. The van der Waals surface area contributed by atoms with Gasteiger partial charge >= 0.3 is 6.36 Å². The van der Waals surface area contributed by atoms with Gasteiger partial charge in [-0.1, -0.05) is 11.6 Å². The van der Waals surface area contributed by atoms with Crippen LogP contribution in [0, 0.1) is 0 Å². The summed E-state index contributed by atoms with van der Waals surface area (Å²) in [6.07, 6.45) is -4.81. The topological polar surface area (TPSA) is 62.6 Å². The van der Waals surface area contributed by atoms with Crippen molar-refractivity contribution in [1.29, 1.82) is 0 Å². The molecule has 122 valence electrons. The fraction of sp³-hybridized carbons (Fsp3) is 0.385. The van der Waals surface area contributed by atoms with Crippen LogP contribution in [-0.2, 0) is 0 Å². The van der Waals surface area contributed by atoms with E-state index in [1.165, 1.54) is 12.1 Å². The summed E-state index contributed by atoms with van der Waals surface area (Å²) < 4.78 is 41.3. The van der Waals surface area contributed by atoms with Gasteiger partial charge in [-0.05, 0) is 19.9 Å². The SMILES string of the molecule is CCNC1=C(N)Nc2cc(Cl)c(OC(F)(F)F)cc2N1CC. The average molecular weight is 337 g/mol. The molecule has 0 fully saturated rings. The van der Waals surface area contributed by atoms with Crippen molar-refractivity contribution < 1.29 is 17.9 Å². The van der Waals surface area contributed by atoms with E-state index < -0.39 is 12.1 Å². The number of anilines is 2. The second kappa shape index (κ2) is 6.04. The molecular weight excluding hydrogens is 321 g/mol. The third-order valence-electron chi connectivity index (χ3n) is 3.02. The van der Waals surface area contributed by atoms with Crippen LogP contribution in [0.1, 0.15) is 13.8 Å². The van der Waals surface area contributed by atoms with Gasteiger partial charge in [-0.2, -0.15) is 0 Å². The summed E-state index contributed by atoms with van der Waals surface area (Å²) in [5.41, 5.74) is 6.96. The van der Waals surface area contributed by atoms with E-state index in [1.807, 2.05) is 13.8 Å². The molecule has 0 saturated carbocycles. The number of ether oxygens (including phenoxy) is 1.